The molecular weight excluding hydrogens is 320 g/mol. The second kappa shape index (κ2) is 9.53. The summed E-state index contributed by atoms with van der Waals surface area (Å²) in [6.07, 6.45) is 2.55. The van der Waals surface area contributed by atoms with Gasteiger partial charge in [-0.05, 0) is 43.5 Å². The molecule has 138 valence electrons. The number of carbonyl (C=O) groups excluding carboxylic acids is 2. The SMILES string of the molecule is CCC(O)CN1C(=O)CCC1CCNCc1ccc(C(=O)OC)cc1. The molecule has 2 unspecified atom stereocenters. The van der Waals surface area contributed by atoms with E-state index in [2.05, 4.69) is 10.1 Å². The maximum Gasteiger partial charge on any atom is 0.337 e. The van der Waals surface area contributed by atoms with E-state index in [4.69, 9.17) is 0 Å². The summed E-state index contributed by atoms with van der Waals surface area (Å²) in [7, 11) is 1.37. The van der Waals surface area contributed by atoms with Crippen molar-refractivity contribution >= 4 is 11.9 Å². The molecule has 0 bridgehead atoms. The number of methoxy groups -OCH3 is 1. The Balaban J connectivity index is 1.74. The van der Waals surface area contributed by atoms with Gasteiger partial charge in [0.2, 0.25) is 5.91 Å². The third-order valence-electron chi connectivity index (χ3n) is 4.69. The van der Waals surface area contributed by atoms with Crippen LogP contribution in [0.1, 0.15) is 48.5 Å². The predicted molar refractivity (Wildman–Crippen MR) is 95.1 cm³/mol. The first-order valence-corrected chi connectivity index (χ1v) is 8.90. The molecule has 2 atom stereocenters. The van der Waals surface area contributed by atoms with Crippen LogP contribution < -0.4 is 5.32 Å². The first kappa shape index (κ1) is 19.4. The van der Waals surface area contributed by atoms with E-state index in [1.807, 2.05) is 24.0 Å². The van der Waals surface area contributed by atoms with Gasteiger partial charge in [-0.2, -0.15) is 0 Å². The lowest BCUT2D eigenvalue weighted by molar-refractivity contribution is -0.130. The van der Waals surface area contributed by atoms with Gasteiger partial charge < -0.3 is 20.1 Å². The lowest BCUT2D eigenvalue weighted by Crippen LogP contribution is -2.40. The van der Waals surface area contributed by atoms with E-state index >= 15 is 0 Å². The molecule has 0 aliphatic carbocycles. The molecule has 1 heterocycles. The quantitative estimate of drug-likeness (QED) is 0.525. The van der Waals surface area contributed by atoms with Crippen molar-refractivity contribution in [3.8, 4) is 0 Å². The van der Waals surface area contributed by atoms with Crippen molar-refractivity contribution in [3.05, 3.63) is 35.4 Å². The lowest BCUT2D eigenvalue weighted by atomic mass is 10.1. The molecule has 0 spiro atoms. The third kappa shape index (κ3) is 5.54. The van der Waals surface area contributed by atoms with Gasteiger partial charge in [0.25, 0.3) is 0 Å². The molecule has 1 amide bonds. The van der Waals surface area contributed by atoms with Gasteiger partial charge in [-0.15, -0.1) is 0 Å². The highest BCUT2D eigenvalue weighted by Crippen LogP contribution is 2.21. The highest BCUT2D eigenvalue weighted by atomic mass is 16.5. The summed E-state index contributed by atoms with van der Waals surface area (Å²) in [5.41, 5.74) is 1.63. The van der Waals surface area contributed by atoms with Crippen molar-refractivity contribution in [2.24, 2.45) is 0 Å². The summed E-state index contributed by atoms with van der Waals surface area (Å²) in [5, 5.41) is 13.2. The van der Waals surface area contributed by atoms with Crippen molar-refractivity contribution in [2.75, 3.05) is 20.2 Å². The van der Waals surface area contributed by atoms with Crippen LogP contribution in [-0.2, 0) is 16.1 Å². The first-order valence-electron chi connectivity index (χ1n) is 8.90. The van der Waals surface area contributed by atoms with E-state index in [0.29, 0.717) is 31.5 Å². The van der Waals surface area contributed by atoms with Gasteiger partial charge in [0.05, 0.1) is 18.8 Å². The fourth-order valence-corrected chi connectivity index (χ4v) is 3.08. The molecule has 1 saturated heterocycles. The maximum absolute atomic E-state index is 12.0. The molecule has 2 N–H and O–H groups in total. The number of aliphatic hydroxyl groups is 1. The van der Waals surface area contributed by atoms with E-state index in [1.165, 1.54) is 7.11 Å². The fourth-order valence-electron chi connectivity index (χ4n) is 3.08. The molecule has 1 fully saturated rings. The molecule has 6 heteroatoms. The molecule has 2 rings (SSSR count). The van der Waals surface area contributed by atoms with E-state index in [-0.39, 0.29) is 17.9 Å². The zero-order chi connectivity index (χ0) is 18.2. The second-order valence-corrected chi connectivity index (χ2v) is 6.45. The molecule has 1 aliphatic heterocycles. The summed E-state index contributed by atoms with van der Waals surface area (Å²) in [5.74, 6) is -0.185. The van der Waals surface area contributed by atoms with Crippen LogP contribution in [0.4, 0.5) is 0 Å². The van der Waals surface area contributed by atoms with E-state index < -0.39 is 6.10 Å². The maximum atomic E-state index is 12.0. The van der Waals surface area contributed by atoms with Crippen LogP contribution in [0.25, 0.3) is 0 Å². The van der Waals surface area contributed by atoms with Gasteiger partial charge in [-0.1, -0.05) is 19.1 Å². The average molecular weight is 348 g/mol. The number of amides is 1. The Hall–Kier alpha value is -1.92. The van der Waals surface area contributed by atoms with E-state index in [9.17, 15) is 14.7 Å². The minimum absolute atomic E-state index is 0.149. The van der Waals surface area contributed by atoms with Crippen molar-refractivity contribution in [1.82, 2.24) is 10.2 Å². The molecule has 0 saturated carbocycles. The average Bonchev–Trinajstić information content (AvgIpc) is 2.98. The van der Waals surface area contributed by atoms with Gasteiger partial charge in [-0.25, -0.2) is 4.79 Å². The number of nitrogens with one attached hydrogen (secondary N) is 1. The summed E-state index contributed by atoms with van der Waals surface area (Å²) in [6, 6.07) is 7.53. The molecule has 6 nitrogen and oxygen atoms in total. The summed E-state index contributed by atoms with van der Waals surface area (Å²) < 4.78 is 4.68. The number of nitrogens with zero attached hydrogens (tertiary/aromatic N) is 1. The number of likely N-dealkylation sites (tertiary alicyclic amines) is 1. The summed E-state index contributed by atoms with van der Waals surface area (Å²) in [4.78, 5) is 25.2. The largest absolute Gasteiger partial charge is 0.465 e. The predicted octanol–water partition coefficient (Wildman–Crippen LogP) is 1.71. The molecule has 25 heavy (non-hydrogen) atoms. The topological polar surface area (TPSA) is 78.9 Å². The minimum atomic E-state index is -0.439. The molecule has 1 aromatic carbocycles. The Bertz CT molecular complexity index is 573. The van der Waals surface area contributed by atoms with Crippen molar-refractivity contribution in [2.45, 2.75) is 51.3 Å². The molecule has 0 aromatic heterocycles. The fraction of sp³-hybridized carbons (Fsp3) is 0.579. The number of hydrogen-bond acceptors (Lipinski definition) is 5. The second-order valence-electron chi connectivity index (χ2n) is 6.45. The molecule has 1 aliphatic rings. The number of esters is 1. The Morgan fingerprint density at radius 2 is 2.12 bits per heavy atom. The van der Waals surface area contributed by atoms with Crippen molar-refractivity contribution in [1.29, 1.82) is 0 Å². The minimum Gasteiger partial charge on any atom is -0.465 e. The number of carbonyl (C=O) groups is 2. The number of hydrogen-bond donors (Lipinski definition) is 2. The number of ether oxygens (including phenoxy) is 1. The van der Waals surface area contributed by atoms with Gasteiger partial charge >= 0.3 is 5.97 Å². The Morgan fingerprint density at radius 1 is 1.40 bits per heavy atom. The highest BCUT2D eigenvalue weighted by molar-refractivity contribution is 5.89. The lowest BCUT2D eigenvalue weighted by Gasteiger charge is -2.27. The number of aliphatic hydroxyl groups excluding tert-OH is 1. The molecule has 1 aromatic rings. The highest BCUT2D eigenvalue weighted by Gasteiger charge is 2.31. The zero-order valence-electron chi connectivity index (χ0n) is 15.0. The van der Waals surface area contributed by atoms with Gasteiger partial charge in [0.1, 0.15) is 0 Å². The van der Waals surface area contributed by atoms with Crippen LogP contribution in [0.2, 0.25) is 0 Å². The summed E-state index contributed by atoms with van der Waals surface area (Å²) >= 11 is 0. The zero-order valence-corrected chi connectivity index (χ0v) is 15.0. The first-order chi connectivity index (χ1) is 12.0. The van der Waals surface area contributed by atoms with Crippen LogP contribution >= 0.6 is 0 Å². The smallest absolute Gasteiger partial charge is 0.337 e. The monoisotopic (exact) mass is 348 g/mol. The van der Waals surface area contributed by atoms with Gasteiger partial charge in [0.15, 0.2) is 0 Å². The Labute approximate surface area is 149 Å². The Morgan fingerprint density at radius 3 is 2.76 bits per heavy atom. The summed E-state index contributed by atoms with van der Waals surface area (Å²) in [6.45, 7) is 3.87. The van der Waals surface area contributed by atoms with Crippen molar-refractivity contribution < 1.29 is 19.4 Å². The van der Waals surface area contributed by atoms with E-state index in [1.54, 1.807) is 12.1 Å². The standard InChI is InChI=1S/C19H28N2O4/c1-3-17(22)13-21-16(8-9-18(21)23)10-11-20-12-14-4-6-15(7-5-14)19(24)25-2/h4-7,16-17,20,22H,3,8-13H2,1-2H3. The molecular formula is C19H28N2O4. The number of β-amino-alcohol motifs (C(OH)–C–C–N with tert-alkyl or cyclic N) is 1. The number of rotatable bonds is 9. The Kier molecular flexibility index (Phi) is 7.40. The van der Waals surface area contributed by atoms with Crippen molar-refractivity contribution in [3.63, 3.8) is 0 Å². The third-order valence-corrected chi connectivity index (χ3v) is 4.69. The van der Waals surface area contributed by atoms with Crippen LogP contribution in [0.15, 0.2) is 24.3 Å². The van der Waals surface area contributed by atoms with Crippen LogP contribution in [-0.4, -0.2) is 54.2 Å². The van der Waals surface area contributed by atoms with Crippen LogP contribution in [0, 0.1) is 0 Å². The van der Waals surface area contributed by atoms with Crippen LogP contribution in [0.5, 0.6) is 0 Å². The van der Waals surface area contributed by atoms with Gasteiger partial charge in [0, 0.05) is 25.6 Å². The normalized spacial score (nSPS) is 18.4. The molecule has 0 radical (unpaired) electrons. The van der Waals surface area contributed by atoms with Gasteiger partial charge in [-0.3, -0.25) is 4.79 Å². The number of benzene rings is 1. The van der Waals surface area contributed by atoms with Crippen LogP contribution in [0.3, 0.4) is 0 Å². The van der Waals surface area contributed by atoms with E-state index in [0.717, 1.165) is 24.9 Å².